The maximum atomic E-state index is 13.3. The number of aryl methyl sites for hydroxylation is 1. The van der Waals surface area contributed by atoms with Crippen molar-refractivity contribution in [2.24, 2.45) is 11.5 Å². The number of hydrogen-bond acceptors (Lipinski definition) is 10. The second kappa shape index (κ2) is 22.6. The number of aliphatic hydroxyl groups is 1. The molecule has 15 nitrogen and oxygen atoms in total. The highest BCUT2D eigenvalue weighted by Gasteiger charge is 2.32. The van der Waals surface area contributed by atoms with E-state index < -0.39 is 72.9 Å². The summed E-state index contributed by atoms with van der Waals surface area (Å²) in [6.45, 7) is 6.56. The molecule has 5 amide bonds. The molecule has 12 N–H and O–H groups in total. The summed E-state index contributed by atoms with van der Waals surface area (Å²) >= 11 is 0. The SMILES string of the molecule is CCCCc1ccc(-c2ccc(C(=O)N[C@@H](CCN)C(=O)N[C@H](C(=O)N[C@@H](C)C(=O)N[C@@H](CCCCN)C(=O)N[C@@H](C)B(O)O)[C@@H](C)O)cc2)cc1. The van der Waals surface area contributed by atoms with Crippen molar-refractivity contribution in [2.75, 3.05) is 13.1 Å². The number of nitrogens with one attached hydrogen (secondary N) is 5. The zero-order valence-corrected chi connectivity index (χ0v) is 30.6. The van der Waals surface area contributed by atoms with Gasteiger partial charge < -0.3 is 53.2 Å². The highest BCUT2D eigenvalue weighted by atomic mass is 16.4. The Labute approximate surface area is 306 Å². The Hall–Kier alpha value is -4.35. The first-order valence-corrected chi connectivity index (χ1v) is 17.9. The Morgan fingerprint density at radius 1 is 0.673 bits per heavy atom. The van der Waals surface area contributed by atoms with E-state index in [0.717, 1.165) is 30.4 Å². The Morgan fingerprint density at radius 3 is 1.79 bits per heavy atom. The molecule has 6 atom stereocenters. The van der Waals surface area contributed by atoms with Crippen LogP contribution in [0, 0.1) is 0 Å². The van der Waals surface area contributed by atoms with E-state index in [4.69, 9.17) is 11.5 Å². The van der Waals surface area contributed by atoms with Gasteiger partial charge in [0.15, 0.2) is 0 Å². The first kappa shape index (κ1) is 43.8. The van der Waals surface area contributed by atoms with Crippen LogP contribution in [-0.4, -0.2) is 101 Å². The van der Waals surface area contributed by atoms with E-state index in [1.807, 2.05) is 24.3 Å². The van der Waals surface area contributed by atoms with Crippen molar-refractivity contribution >= 4 is 36.7 Å². The first-order chi connectivity index (χ1) is 24.7. The molecule has 0 aromatic heterocycles. The summed E-state index contributed by atoms with van der Waals surface area (Å²) in [6, 6.07) is 10.3. The summed E-state index contributed by atoms with van der Waals surface area (Å²) in [5.41, 5.74) is 14.8. The second-order valence-corrected chi connectivity index (χ2v) is 13.0. The largest absolute Gasteiger partial charge is 0.475 e. The maximum absolute atomic E-state index is 13.3. The molecule has 2 aromatic carbocycles. The van der Waals surface area contributed by atoms with Gasteiger partial charge >= 0.3 is 7.12 Å². The Morgan fingerprint density at radius 2 is 1.25 bits per heavy atom. The van der Waals surface area contributed by atoms with Crippen LogP contribution in [0.3, 0.4) is 0 Å². The van der Waals surface area contributed by atoms with Crippen LogP contribution in [0.2, 0.25) is 0 Å². The van der Waals surface area contributed by atoms with Crippen molar-refractivity contribution in [3.63, 3.8) is 0 Å². The third kappa shape index (κ3) is 14.3. The molecule has 16 heteroatoms. The quantitative estimate of drug-likeness (QED) is 0.0557. The average Bonchev–Trinajstić information content (AvgIpc) is 3.12. The summed E-state index contributed by atoms with van der Waals surface area (Å²) in [6.07, 6.45) is 3.16. The molecule has 0 spiro atoms. The molecule has 2 aromatic rings. The van der Waals surface area contributed by atoms with Gasteiger partial charge in [-0.3, -0.25) is 24.0 Å². The summed E-state index contributed by atoms with van der Waals surface area (Å²) in [7, 11) is -1.82. The van der Waals surface area contributed by atoms with Gasteiger partial charge in [-0.25, -0.2) is 0 Å². The topological polar surface area (TPSA) is 258 Å². The van der Waals surface area contributed by atoms with Crippen LogP contribution >= 0.6 is 0 Å². The Bertz CT molecular complexity index is 1440. The van der Waals surface area contributed by atoms with Gasteiger partial charge in [0.1, 0.15) is 24.2 Å². The summed E-state index contributed by atoms with van der Waals surface area (Å²) in [5.74, 6) is -4.60. The van der Waals surface area contributed by atoms with Gasteiger partial charge in [-0.05, 0) is 101 Å². The molecule has 0 aliphatic heterocycles. The van der Waals surface area contributed by atoms with Crippen LogP contribution in [0.15, 0.2) is 48.5 Å². The van der Waals surface area contributed by atoms with Crippen LogP contribution < -0.4 is 38.1 Å². The molecule has 0 aliphatic carbocycles. The van der Waals surface area contributed by atoms with E-state index in [-0.39, 0.29) is 19.4 Å². The van der Waals surface area contributed by atoms with Gasteiger partial charge in [0.2, 0.25) is 23.6 Å². The molecule has 0 bridgehead atoms. The molecule has 286 valence electrons. The van der Waals surface area contributed by atoms with E-state index in [2.05, 4.69) is 45.6 Å². The molecule has 0 saturated heterocycles. The number of amides is 5. The highest BCUT2D eigenvalue weighted by Crippen LogP contribution is 2.21. The summed E-state index contributed by atoms with van der Waals surface area (Å²) in [4.78, 5) is 65.4. The van der Waals surface area contributed by atoms with Crippen molar-refractivity contribution in [2.45, 2.75) is 109 Å². The average molecular weight is 726 g/mol. The predicted octanol–water partition coefficient (Wildman–Crippen LogP) is -0.356. The molecule has 2 rings (SSSR count). The molecule has 0 heterocycles. The number of unbranched alkanes of at least 4 members (excludes halogenated alkanes) is 2. The maximum Gasteiger partial charge on any atom is 0.475 e. The number of carbonyl (C=O) groups excluding carboxylic acids is 5. The lowest BCUT2D eigenvalue weighted by Crippen LogP contribution is -2.60. The predicted molar refractivity (Wildman–Crippen MR) is 199 cm³/mol. The van der Waals surface area contributed by atoms with E-state index in [1.165, 1.54) is 26.3 Å². The second-order valence-electron chi connectivity index (χ2n) is 13.0. The number of carbonyl (C=O) groups is 5. The molecule has 0 fully saturated rings. The standard InChI is InChI=1S/C36H56BN7O8/c1-5-6-9-25-11-13-26(14-12-25)27-15-17-28(18-16-27)33(47)43-30(19-21-39)35(49)44-31(23(3)45)36(50)40-22(2)32(46)42-29(10-7-8-20-38)34(48)41-24(4)37(51)52/h11-18,22-24,29-31,45,51-52H,5-10,19-21,38-39H2,1-4H3,(H,40,50)(H,41,48)(H,42,46)(H,43,47)(H,44,49)/t22-,23+,24-,29-,30-,31-/m0/s1. The van der Waals surface area contributed by atoms with Crippen molar-refractivity contribution in [3.05, 3.63) is 59.7 Å². The van der Waals surface area contributed by atoms with Crippen molar-refractivity contribution in [3.8, 4) is 11.1 Å². The van der Waals surface area contributed by atoms with Gasteiger partial charge in [-0.15, -0.1) is 0 Å². The fraction of sp³-hybridized carbons (Fsp3) is 0.528. The normalized spacial score (nSPS) is 14.5. The molecule has 0 radical (unpaired) electrons. The van der Waals surface area contributed by atoms with Crippen molar-refractivity contribution < 1.29 is 39.1 Å². The van der Waals surface area contributed by atoms with Gasteiger partial charge in [0.25, 0.3) is 5.91 Å². The van der Waals surface area contributed by atoms with Crippen LogP contribution in [0.4, 0.5) is 0 Å². The number of aliphatic hydroxyl groups excluding tert-OH is 1. The molecular formula is C36H56BN7O8. The van der Waals surface area contributed by atoms with Gasteiger partial charge in [-0.2, -0.15) is 0 Å². The van der Waals surface area contributed by atoms with Crippen molar-refractivity contribution in [1.82, 2.24) is 26.6 Å². The minimum Gasteiger partial charge on any atom is -0.426 e. The fourth-order valence-electron chi connectivity index (χ4n) is 5.22. The number of nitrogens with two attached hydrogens (primary N) is 2. The molecule has 0 unspecified atom stereocenters. The molecular weight excluding hydrogens is 669 g/mol. The van der Waals surface area contributed by atoms with E-state index >= 15 is 0 Å². The van der Waals surface area contributed by atoms with Gasteiger partial charge in [0.05, 0.1) is 12.0 Å². The van der Waals surface area contributed by atoms with Crippen LogP contribution in [0.25, 0.3) is 11.1 Å². The zero-order valence-electron chi connectivity index (χ0n) is 30.6. The zero-order chi connectivity index (χ0) is 38.8. The third-order valence-corrected chi connectivity index (χ3v) is 8.54. The smallest absolute Gasteiger partial charge is 0.426 e. The Kier molecular flexibility index (Phi) is 19.0. The lowest BCUT2D eigenvalue weighted by molar-refractivity contribution is -0.135. The van der Waals surface area contributed by atoms with Gasteiger partial charge in [-0.1, -0.05) is 49.7 Å². The van der Waals surface area contributed by atoms with Gasteiger partial charge in [0, 0.05) is 5.56 Å². The number of hydrogen-bond donors (Lipinski definition) is 10. The van der Waals surface area contributed by atoms with Crippen LogP contribution in [0.1, 0.15) is 82.1 Å². The molecule has 52 heavy (non-hydrogen) atoms. The lowest BCUT2D eigenvalue weighted by Gasteiger charge is -2.26. The first-order valence-electron chi connectivity index (χ1n) is 17.9. The van der Waals surface area contributed by atoms with Crippen LogP contribution in [0.5, 0.6) is 0 Å². The highest BCUT2D eigenvalue weighted by molar-refractivity contribution is 6.43. The third-order valence-electron chi connectivity index (χ3n) is 8.54. The summed E-state index contributed by atoms with van der Waals surface area (Å²) in [5, 5.41) is 41.6. The number of rotatable bonds is 22. The van der Waals surface area contributed by atoms with E-state index in [9.17, 15) is 39.1 Å². The monoisotopic (exact) mass is 725 g/mol. The fourth-order valence-corrected chi connectivity index (χ4v) is 5.22. The molecule has 0 saturated carbocycles. The van der Waals surface area contributed by atoms with E-state index in [1.54, 1.807) is 12.1 Å². The van der Waals surface area contributed by atoms with Crippen molar-refractivity contribution in [1.29, 1.82) is 0 Å². The minimum absolute atomic E-state index is 0.0321. The minimum atomic E-state index is -1.82. The Balaban J connectivity index is 2.06. The van der Waals surface area contributed by atoms with E-state index in [0.29, 0.717) is 24.9 Å². The number of benzene rings is 2. The summed E-state index contributed by atoms with van der Waals surface area (Å²) < 4.78 is 0. The molecule has 0 aliphatic rings. The van der Waals surface area contributed by atoms with Crippen LogP contribution in [-0.2, 0) is 25.6 Å². The lowest BCUT2D eigenvalue weighted by atomic mass is 9.81.